The Morgan fingerprint density at radius 1 is 1.33 bits per heavy atom. The molecule has 1 aliphatic heterocycles. The van der Waals surface area contributed by atoms with Gasteiger partial charge in [0.05, 0.1) is 18.3 Å². The predicted octanol–water partition coefficient (Wildman–Crippen LogP) is 3.94. The summed E-state index contributed by atoms with van der Waals surface area (Å²) in [5.41, 5.74) is 1.03. The van der Waals surface area contributed by atoms with Crippen molar-refractivity contribution in [2.24, 2.45) is 0 Å². The van der Waals surface area contributed by atoms with Gasteiger partial charge >= 0.3 is 6.09 Å². The maximum absolute atomic E-state index is 12.6. The number of carbonyl (C=O) groups is 2. The van der Waals surface area contributed by atoms with Gasteiger partial charge in [0.1, 0.15) is 22.2 Å². The number of nitriles is 1. The fourth-order valence-corrected chi connectivity index (χ4v) is 5.76. The summed E-state index contributed by atoms with van der Waals surface area (Å²) >= 11 is 1.54. The van der Waals surface area contributed by atoms with Crippen LogP contribution in [0.15, 0.2) is 18.1 Å². The zero-order chi connectivity index (χ0) is 24.0. The van der Waals surface area contributed by atoms with Gasteiger partial charge in [-0.05, 0) is 39.2 Å². The third-order valence-corrected chi connectivity index (χ3v) is 7.12. The number of carbonyl (C=O) groups excluding carboxylic acids is 2. The normalized spacial score (nSPS) is 22.2. The van der Waals surface area contributed by atoms with Crippen LogP contribution < -0.4 is 0 Å². The molecule has 2 aromatic rings. The van der Waals surface area contributed by atoms with Crippen LogP contribution >= 0.6 is 11.3 Å². The van der Waals surface area contributed by atoms with Crippen molar-refractivity contribution >= 4 is 33.4 Å². The number of hydrogen-bond donors (Lipinski definition) is 0. The van der Waals surface area contributed by atoms with E-state index in [0.29, 0.717) is 50.0 Å². The molecule has 0 N–H and O–H groups in total. The average Bonchev–Trinajstić information content (AvgIpc) is 3.12. The molecular weight excluding hydrogens is 438 g/mol. The summed E-state index contributed by atoms with van der Waals surface area (Å²) in [5.74, 6) is 0.0835. The van der Waals surface area contributed by atoms with E-state index < -0.39 is 11.0 Å². The molecule has 0 aromatic carbocycles. The number of nitrogens with zero attached hydrogens (tertiary/aromatic N) is 5. The molecule has 9 heteroatoms. The predicted molar refractivity (Wildman–Crippen MR) is 126 cm³/mol. The highest BCUT2D eigenvalue weighted by molar-refractivity contribution is 7.18. The lowest BCUT2D eigenvalue weighted by Crippen LogP contribution is -2.39. The van der Waals surface area contributed by atoms with Crippen LogP contribution in [0.3, 0.4) is 0 Å². The van der Waals surface area contributed by atoms with E-state index in [4.69, 9.17) is 4.74 Å². The third-order valence-electron chi connectivity index (χ3n) is 6.00. The van der Waals surface area contributed by atoms with Crippen molar-refractivity contribution in [3.63, 3.8) is 0 Å². The van der Waals surface area contributed by atoms with Crippen LogP contribution in [0.25, 0.3) is 10.2 Å². The van der Waals surface area contributed by atoms with Gasteiger partial charge in [-0.3, -0.25) is 4.79 Å². The number of ketones is 1. The van der Waals surface area contributed by atoms with E-state index in [9.17, 15) is 14.9 Å². The molecular formula is C24H29N5O3S. The second kappa shape index (κ2) is 8.41. The summed E-state index contributed by atoms with van der Waals surface area (Å²) in [4.78, 5) is 39.7. The third kappa shape index (κ3) is 4.44. The first-order valence-electron chi connectivity index (χ1n) is 11.1. The van der Waals surface area contributed by atoms with Gasteiger partial charge in [-0.15, -0.1) is 11.3 Å². The molecule has 1 saturated carbocycles. The Bertz CT molecular complexity index is 1190. The Kier molecular flexibility index (Phi) is 5.91. The summed E-state index contributed by atoms with van der Waals surface area (Å²) in [6.07, 6.45) is 4.74. The van der Waals surface area contributed by atoms with Gasteiger partial charge in [0, 0.05) is 55.5 Å². The number of ether oxygens (including phenoxy) is 1. The minimum atomic E-state index is -0.881. The van der Waals surface area contributed by atoms with E-state index in [2.05, 4.69) is 16.0 Å². The molecule has 1 unspecified atom stereocenters. The Hall–Kier alpha value is -2.99. The molecule has 33 heavy (non-hydrogen) atoms. The molecule has 8 nitrogen and oxygen atoms in total. The van der Waals surface area contributed by atoms with Gasteiger partial charge in [0.15, 0.2) is 5.78 Å². The molecule has 1 amide bonds. The van der Waals surface area contributed by atoms with Crippen LogP contribution in [-0.4, -0.2) is 57.9 Å². The molecule has 3 heterocycles. The highest BCUT2D eigenvalue weighted by atomic mass is 32.1. The Morgan fingerprint density at radius 2 is 2.09 bits per heavy atom. The number of aromatic nitrogens is 2. The van der Waals surface area contributed by atoms with Gasteiger partial charge in [-0.2, -0.15) is 5.26 Å². The standard InChI is InChI=1S/C24H29N5O3S/c1-23(2,3)32-22(31)29-9-7-16-18(12-29)33-21-19(16)20(26-14-27-21)24(13-25)8-6-17(30)15(10-24)11-28(4)5/h11,14H,6-10,12H2,1-5H3/b15-11-. The molecule has 1 atom stereocenters. The zero-order valence-electron chi connectivity index (χ0n) is 19.8. The Balaban J connectivity index is 1.74. The molecule has 2 aromatic heterocycles. The number of hydrogen-bond acceptors (Lipinski definition) is 8. The molecule has 0 spiro atoms. The largest absolute Gasteiger partial charge is 0.444 e. The molecule has 0 saturated heterocycles. The van der Waals surface area contributed by atoms with Crippen LogP contribution in [0.2, 0.25) is 0 Å². The van der Waals surface area contributed by atoms with Gasteiger partial charge < -0.3 is 14.5 Å². The van der Waals surface area contributed by atoms with Crippen molar-refractivity contribution in [3.8, 4) is 6.07 Å². The fourth-order valence-electron chi connectivity index (χ4n) is 4.55. The second-order valence-corrected chi connectivity index (χ2v) is 11.1. The van der Waals surface area contributed by atoms with Crippen LogP contribution in [-0.2, 0) is 27.9 Å². The van der Waals surface area contributed by atoms with E-state index >= 15 is 0 Å². The van der Waals surface area contributed by atoms with Crippen molar-refractivity contribution in [2.75, 3.05) is 20.6 Å². The highest BCUT2D eigenvalue weighted by Gasteiger charge is 2.43. The minimum absolute atomic E-state index is 0.0835. The summed E-state index contributed by atoms with van der Waals surface area (Å²) < 4.78 is 5.55. The molecule has 2 aliphatic rings. The summed E-state index contributed by atoms with van der Waals surface area (Å²) in [5, 5.41) is 11.2. The quantitative estimate of drug-likeness (QED) is 0.617. The number of Topliss-reactive ketones (excluding diaryl/α,β-unsaturated/α-hetero) is 1. The highest BCUT2D eigenvalue weighted by Crippen LogP contribution is 2.45. The van der Waals surface area contributed by atoms with Crippen molar-refractivity contribution < 1.29 is 14.3 Å². The van der Waals surface area contributed by atoms with Crippen LogP contribution in [0.4, 0.5) is 4.79 Å². The number of rotatable bonds is 2. The van der Waals surface area contributed by atoms with Gasteiger partial charge in [0.2, 0.25) is 0 Å². The molecule has 174 valence electrons. The Morgan fingerprint density at radius 3 is 2.76 bits per heavy atom. The van der Waals surface area contributed by atoms with E-state index in [1.54, 1.807) is 4.90 Å². The first-order chi connectivity index (χ1) is 15.5. The smallest absolute Gasteiger partial charge is 0.410 e. The summed E-state index contributed by atoms with van der Waals surface area (Å²) in [6.45, 7) is 6.56. The van der Waals surface area contributed by atoms with E-state index in [-0.39, 0.29) is 11.9 Å². The van der Waals surface area contributed by atoms with Gasteiger partial charge in [-0.1, -0.05) is 0 Å². The number of thiophene rings is 1. The maximum atomic E-state index is 12.6. The summed E-state index contributed by atoms with van der Waals surface area (Å²) in [6, 6.07) is 2.52. The SMILES string of the molecule is CN(C)/C=C1/CC(C#N)(c2ncnc3sc4c(c23)CCN(C(=O)OC(C)(C)C)C4)CCC1=O. The first kappa shape index (κ1) is 23.2. The topological polar surface area (TPSA) is 99.4 Å². The van der Waals surface area contributed by atoms with Crippen molar-refractivity contribution in [1.29, 1.82) is 5.26 Å². The van der Waals surface area contributed by atoms with Crippen LogP contribution in [0.5, 0.6) is 0 Å². The molecule has 0 bridgehead atoms. The first-order valence-corrected chi connectivity index (χ1v) is 11.9. The number of amides is 1. The van der Waals surface area contributed by atoms with Crippen molar-refractivity contribution in [2.45, 2.75) is 64.0 Å². The lowest BCUT2D eigenvalue weighted by atomic mass is 9.69. The van der Waals surface area contributed by atoms with Crippen molar-refractivity contribution in [3.05, 3.63) is 34.2 Å². The average molecular weight is 468 g/mol. The van der Waals surface area contributed by atoms with E-state index in [0.717, 1.165) is 20.7 Å². The lowest BCUT2D eigenvalue weighted by molar-refractivity contribution is -0.117. The van der Waals surface area contributed by atoms with Crippen molar-refractivity contribution in [1.82, 2.24) is 19.8 Å². The number of allylic oxidation sites excluding steroid dienone is 1. The van der Waals surface area contributed by atoms with E-state index in [1.807, 2.05) is 46.0 Å². The Labute approximate surface area is 197 Å². The molecule has 1 aliphatic carbocycles. The minimum Gasteiger partial charge on any atom is -0.444 e. The zero-order valence-corrected chi connectivity index (χ0v) is 20.6. The molecule has 4 rings (SSSR count). The van der Waals surface area contributed by atoms with Gasteiger partial charge in [-0.25, -0.2) is 14.8 Å². The van der Waals surface area contributed by atoms with Crippen LogP contribution in [0.1, 0.15) is 56.2 Å². The lowest BCUT2D eigenvalue weighted by Gasteiger charge is -2.33. The summed E-state index contributed by atoms with van der Waals surface area (Å²) in [7, 11) is 3.75. The maximum Gasteiger partial charge on any atom is 0.410 e. The van der Waals surface area contributed by atoms with Crippen LogP contribution in [0, 0.1) is 11.3 Å². The molecule has 0 radical (unpaired) electrons. The monoisotopic (exact) mass is 467 g/mol. The fraction of sp³-hybridized carbons (Fsp3) is 0.542. The van der Waals surface area contributed by atoms with E-state index in [1.165, 1.54) is 17.7 Å². The molecule has 1 fully saturated rings. The van der Waals surface area contributed by atoms with Gasteiger partial charge in [0.25, 0.3) is 0 Å². The second-order valence-electron chi connectivity index (χ2n) is 9.97. The number of fused-ring (bicyclic) bond motifs is 3.